The lowest BCUT2D eigenvalue weighted by atomic mass is 10.0. The van der Waals surface area contributed by atoms with E-state index in [0.717, 1.165) is 13.1 Å². The van der Waals surface area contributed by atoms with Crippen LogP contribution in [0.4, 0.5) is 5.69 Å². The van der Waals surface area contributed by atoms with Crippen molar-refractivity contribution in [3.63, 3.8) is 0 Å². The fourth-order valence-corrected chi connectivity index (χ4v) is 1.72. The molecule has 1 aromatic carbocycles. The molecule has 80 valence electrons. The number of aliphatic imine (C=N–C) groups is 1. The van der Waals surface area contributed by atoms with Gasteiger partial charge in [-0.1, -0.05) is 19.1 Å². The van der Waals surface area contributed by atoms with Crippen molar-refractivity contribution in [1.82, 2.24) is 0 Å². The Morgan fingerprint density at radius 2 is 2.40 bits per heavy atom. The molecular weight excluding hydrogens is 186 g/mol. The summed E-state index contributed by atoms with van der Waals surface area (Å²) in [6.07, 6.45) is 1.91. The van der Waals surface area contributed by atoms with E-state index in [1.807, 2.05) is 6.34 Å². The summed E-state index contributed by atoms with van der Waals surface area (Å²) < 4.78 is 0. The fourth-order valence-electron chi connectivity index (χ4n) is 1.72. The summed E-state index contributed by atoms with van der Waals surface area (Å²) in [6, 6.07) is 8.54. The molecule has 3 heteroatoms. The minimum atomic E-state index is 0.421. The molecule has 3 nitrogen and oxygen atoms in total. The Hall–Kier alpha value is -1.35. The van der Waals surface area contributed by atoms with Crippen LogP contribution in [0.15, 0.2) is 29.3 Å². The molecule has 2 rings (SSSR count). The van der Waals surface area contributed by atoms with Crippen LogP contribution >= 0.6 is 0 Å². The summed E-state index contributed by atoms with van der Waals surface area (Å²) in [4.78, 5) is 6.39. The monoisotopic (exact) mass is 203 g/mol. The quantitative estimate of drug-likeness (QED) is 0.810. The van der Waals surface area contributed by atoms with Gasteiger partial charge in [0.15, 0.2) is 0 Å². The molecule has 1 unspecified atom stereocenters. The second-order valence-electron chi connectivity index (χ2n) is 3.95. The van der Waals surface area contributed by atoms with Gasteiger partial charge in [0.05, 0.1) is 12.9 Å². The third kappa shape index (κ3) is 2.18. The number of nitrogens with zero attached hydrogens (tertiary/aromatic N) is 2. The van der Waals surface area contributed by atoms with E-state index in [4.69, 9.17) is 5.73 Å². The number of hydrogen-bond acceptors (Lipinski definition) is 3. The predicted molar refractivity (Wildman–Crippen MR) is 64.6 cm³/mol. The summed E-state index contributed by atoms with van der Waals surface area (Å²) in [5, 5.41) is 0. The SMILES string of the molecule is CC(CN)c1cccc(N2C=NCC2)c1. The Morgan fingerprint density at radius 1 is 1.53 bits per heavy atom. The average Bonchev–Trinajstić information content (AvgIpc) is 2.82. The van der Waals surface area contributed by atoms with Crippen molar-refractivity contribution in [2.45, 2.75) is 12.8 Å². The van der Waals surface area contributed by atoms with Crippen molar-refractivity contribution in [1.29, 1.82) is 0 Å². The number of rotatable bonds is 3. The molecule has 15 heavy (non-hydrogen) atoms. The van der Waals surface area contributed by atoms with Crippen molar-refractivity contribution >= 4 is 12.0 Å². The van der Waals surface area contributed by atoms with Crippen molar-refractivity contribution < 1.29 is 0 Å². The van der Waals surface area contributed by atoms with Gasteiger partial charge >= 0.3 is 0 Å². The van der Waals surface area contributed by atoms with Crippen LogP contribution in [0, 0.1) is 0 Å². The van der Waals surface area contributed by atoms with Gasteiger partial charge in [-0.05, 0) is 30.2 Å². The second-order valence-corrected chi connectivity index (χ2v) is 3.95. The lowest BCUT2D eigenvalue weighted by Crippen LogP contribution is -2.18. The molecular formula is C12H17N3. The molecule has 0 saturated carbocycles. The molecule has 0 aliphatic carbocycles. The van der Waals surface area contributed by atoms with Crippen LogP contribution in [0.5, 0.6) is 0 Å². The van der Waals surface area contributed by atoms with E-state index in [1.54, 1.807) is 0 Å². The van der Waals surface area contributed by atoms with Gasteiger partial charge in [-0.2, -0.15) is 0 Å². The van der Waals surface area contributed by atoms with Gasteiger partial charge in [0, 0.05) is 12.2 Å². The van der Waals surface area contributed by atoms with Gasteiger partial charge in [0.1, 0.15) is 0 Å². The molecule has 1 aliphatic rings. The molecule has 0 spiro atoms. The van der Waals surface area contributed by atoms with E-state index in [-0.39, 0.29) is 0 Å². The summed E-state index contributed by atoms with van der Waals surface area (Å²) in [6.45, 7) is 4.73. The number of benzene rings is 1. The Balaban J connectivity index is 2.22. The second kappa shape index (κ2) is 4.45. The Kier molecular flexibility index (Phi) is 3.02. The zero-order valence-corrected chi connectivity index (χ0v) is 9.06. The molecule has 1 aromatic rings. The molecule has 1 heterocycles. The van der Waals surface area contributed by atoms with Gasteiger partial charge in [0.25, 0.3) is 0 Å². The molecule has 0 bridgehead atoms. The van der Waals surface area contributed by atoms with E-state index in [0.29, 0.717) is 12.5 Å². The van der Waals surface area contributed by atoms with E-state index in [2.05, 4.69) is 41.1 Å². The lowest BCUT2D eigenvalue weighted by molar-refractivity contribution is 0.774. The topological polar surface area (TPSA) is 41.6 Å². The van der Waals surface area contributed by atoms with Gasteiger partial charge in [-0.15, -0.1) is 0 Å². The van der Waals surface area contributed by atoms with Crippen LogP contribution in [-0.4, -0.2) is 26.0 Å². The minimum absolute atomic E-state index is 0.421. The maximum Gasteiger partial charge on any atom is 0.0895 e. The number of nitrogens with two attached hydrogens (primary N) is 1. The Bertz CT molecular complexity index is 360. The van der Waals surface area contributed by atoms with Gasteiger partial charge in [-0.25, -0.2) is 0 Å². The molecule has 1 aliphatic heterocycles. The molecule has 0 aromatic heterocycles. The summed E-state index contributed by atoms with van der Waals surface area (Å²) in [5.41, 5.74) is 8.19. The van der Waals surface area contributed by atoms with E-state index >= 15 is 0 Å². The van der Waals surface area contributed by atoms with Crippen molar-refractivity contribution in [3.8, 4) is 0 Å². The third-order valence-electron chi connectivity index (χ3n) is 2.82. The first kappa shape index (κ1) is 10.2. The first-order valence-electron chi connectivity index (χ1n) is 5.38. The highest BCUT2D eigenvalue weighted by Crippen LogP contribution is 2.21. The lowest BCUT2D eigenvalue weighted by Gasteiger charge is -2.16. The maximum absolute atomic E-state index is 5.67. The summed E-state index contributed by atoms with van der Waals surface area (Å²) in [5.74, 6) is 0.421. The summed E-state index contributed by atoms with van der Waals surface area (Å²) in [7, 11) is 0. The van der Waals surface area contributed by atoms with Gasteiger partial charge in [0.2, 0.25) is 0 Å². The molecule has 0 fully saturated rings. The van der Waals surface area contributed by atoms with Crippen LogP contribution in [0.3, 0.4) is 0 Å². The molecule has 0 saturated heterocycles. The normalized spacial score (nSPS) is 17.1. The average molecular weight is 203 g/mol. The highest BCUT2D eigenvalue weighted by Gasteiger charge is 2.10. The van der Waals surface area contributed by atoms with Crippen LogP contribution in [-0.2, 0) is 0 Å². The van der Waals surface area contributed by atoms with E-state index in [1.165, 1.54) is 11.3 Å². The van der Waals surface area contributed by atoms with E-state index < -0.39 is 0 Å². The molecule has 0 amide bonds. The Labute approximate surface area is 90.6 Å². The van der Waals surface area contributed by atoms with Crippen molar-refractivity contribution in [2.75, 3.05) is 24.5 Å². The smallest absolute Gasteiger partial charge is 0.0895 e. The number of anilines is 1. The number of hydrogen-bond donors (Lipinski definition) is 1. The first-order chi connectivity index (χ1) is 7.31. The van der Waals surface area contributed by atoms with E-state index in [9.17, 15) is 0 Å². The zero-order valence-electron chi connectivity index (χ0n) is 9.06. The van der Waals surface area contributed by atoms with Crippen molar-refractivity contribution in [3.05, 3.63) is 29.8 Å². The zero-order chi connectivity index (χ0) is 10.7. The van der Waals surface area contributed by atoms with Crippen LogP contribution in [0.25, 0.3) is 0 Å². The molecule has 2 N–H and O–H groups in total. The highest BCUT2D eigenvalue weighted by molar-refractivity contribution is 5.81. The maximum atomic E-state index is 5.67. The minimum Gasteiger partial charge on any atom is -0.331 e. The highest BCUT2D eigenvalue weighted by atomic mass is 15.2. The van der Waals surface area contributed by atoms with Crippen LogP contribution < -0.4 is 10.6 Å². The third-order valence-corrected chi connectivity index (χ3v) is 2.82. The van der Waals surface area contributed by atoms with Gasteiger partial charge < -0.3 is 10.6 Å². The van der Waals surface area contributed by atoms with Crippen LogP contribution in [0.1, 0.15) is 18.4 Å². The molecule has 1 atom stereocenters. The Morgan fingerprint density at radius 3 is 3.07 bits per heavy atom. The predicted octanol–water partition coefficient (Wildman–Crippen LogP) is 1.60. The summed E-state index contributed by atoms with van der Waals surface area (Å²) >= 11 is 0. The standard InChI is InChI=1S/C12H17N3/c1-10(8-13)11-3-2-4-12(7-11)15-6-5-14-9-15/h2-4,7,9-10H,5-6,8,13H2,1H3. The van der Waals surface area contributed by atoms with Crippen molar-refractivity contribution in [2.24, 2.45) is 10.7 Å². The largest absolute Gasteiger partial charge is 0.331 e. The van der Waals surface area contributed by atoms with Gasteiger partial charge in [-0.3, -0.25) is 4.99 Å². The van der Waals surface area contributed by atoms with Crippen LogP contribution in [0.2, 0.25) is 0 Å². The molecule has 0 radical (unpaired) electrons. The fraction of sp³-hybridized carbons (Fsp3) is 0.417. The first-order valence-corrected chi connectivity index (χ1v) is 5.38.